The zero-order valence-electron chi connectivity index (χ0n) is 22.5. The smallest absolute Gasteiger partial charge is 0.338 e. The van der Waals surface area contributed by atoms with Crippen molar-refractivity contribution in [3.8, 4) is 5.69 Å². The number of aromatic nitrogens is 2. The monoisotopic (exact) mass is 524 g/mol. The summed E-state index contributed by atoms with van der Waals surface area (Å²) in [6.45, 7) is 8.07. The molecule has 2 aromatic rings. The first-order valence-corrected chi connectivity index (χ1v) is 13.3. The Morgan fingerprint density at radius 2 is 1.71 bits per heavy atom. The van der Waals surface area contributed by atoms with Gasteiger partial charge < -0.3 is 26.6 Å². The minimum Gasteiger partial charge on any atom is -0.338 e. The highest BCUT2D eigenvalue weighted by atomic mass is 16.2. The highest BCUT2D eigenvalue weighted by Crippen LogP contribution is 2.24. The fraction of sp³-hybridized carbons (Fsp3) is 0.556. The molecule has 1 unspecified atom stereocenters. The lowest BCUT2D eigenvalue weighted by atomic mass is 9.81. The molecule has 0 spiro atoms. The van der Waals surface area contributed by atoms with Crippen molar-refractivity contribution < 1.29 is 9.59 Å². The molecule has 11 heteroatoms. The number of benzene rings is 1. The Hall–Kier alpha value is -3.28. The van der Waals surface area contributed by atoms with Crippen molar-refractivity contribution in [1.29, 1.82) is 0 Å². The Balaban J connectivity index is 1.28. The third-order valence-corrected chi connectivity index (χ3v) is 7.23. The van der Waals surface area contributed by atoms with Crippen LogP contribution in [0.2, 0.25) is 0 Å². The second kappa shape index (κ2) is 11.6. The maximum absolute atomic E-state index is 12.7. The van der Waals surface area contributed by atoms with Gasteiger partial charge in [0.1, 0.15) is 5.82 Å². The summed E-state index contributed by atoms with van der Waals surface area (Å²) in [7, 11) is 0. The Labute approximate surface area is 223 Å². The number of amides is 3. The number of carbonyl (C=O) groups excluding carboxylic acids is 2. The number of nitrogens with zero attached hydrogens (tertiary/aromatic N) is 4. The van der Waals surface area contributed by atoms with Gasteiger partial charge in [0, 0.05) is 44.5 Å². The highest BCUT2D eigenvalue weighted by molar-refractivity contribution is 5.89. The molecule has 1 aromatic heterocycles. The van der Waals surface area contributed by atoms with E-state index in [2.05, 4.69) is 22.5 Å². The van der Waals surface area contributed by atoms with Gasteiger partial charge in [0.05, 0.1) is 11.2 Å². The molecule has 1 saturated carbocycles. The Kier molecular flexibility index (Phi) is 8.49. The van der Waals surface area contributed by atoms with Gasteiger partial charge in [-0.15, -0.1) is 0 Å². The van der Waals surface area contributed by atoms with E-state index in [-0.39, 0.29) is 17.8 Å². The molecule has 4 rings (SSSR count). The van der Waals surface area contributed by atoms with E-state index >= 15 is 0 Å². The molecule has 2 fully saturated rings. The zero-order chi connectivity index (χ0) is 27.4. The average molecular weight is 525 g/mol. The average Bonchev–Trinajstić information content (AvgIpc) is 2.86. The van der Waals surface area contributed by atoms with Gasteiger partial charge >= 0.3 is 11.7 Å². The topological polar surface area (TPSA) is 152 Å². The maximum Gasteiger partial charge on any atom is 0.354 e. The third-order valence-electron chi connectivity index (χ3n) is 7.23. The predicted octanol–water partition coefficient (Wildman–Crippen LogP) is 0.904. The summed E-state index contributed by atoms with van der Waals surface area (Å²) in [5.41, 5.74) is 12.2. The largest absolute Gasteiger partial charge is 0.354 e. The van der Waals surface area contributed by atoms with Gasteiger partial charge in [-0.25, -0.2) is 9.59 Å². The van der Waals surface area contributed by atoms with E-state index in [0.29, 0.717) is 49.9 Å². The molecule has 0 bridgehead atoms. The molecular formula is C27H40N8O3. The Bertz CT molecular complexity index is 1180. The summed E-state index contributed by atoms with van der Waals surface area (Å²) in [6, 6.07) is 9.80. The summed E-state index contributed by atoms with van der Waals surface area (Å²) in [5.74, 6) is 0.727. The molecule has 2 heterocycles. The van der Waals surface area contributed by atoms with Gasteiger partial charge in [-0.2, -0.15) is 4.98 Å². The van der Waals surface area contributed by atoms with Crippen molar-refractivity contribution in [2.24, 2.45) is 17.4 Å². The van der Waals surface area contributed by atoms with Crippen LogP contribution in [0.4, 0.5) is 10.6 Å². The molecule has 1 aromatic carbocycles. The van der Waals surface area contributed by atoms with E-state index in [1.54, 1.807) is 35.9 Å². The summed E-state index contributed by atoms with van der Waals surface area (Å²) in [6.07, 6.45) is 4.70. The van der Waals surface area contributed by atoms with Crippen molar-refractivity contribution in [3.63, 3.8) is 0 Å². The van der Waals surface area contributed by atoms with Crippen LogP contribution in [0, 0.1) is 5.92 Å². The minimum atomic E-state index is -0.946. The van der Waals surface area contributed by atoms with Crippen molar-refractivity contribution in [3.05, 3.63) is 52.6 Å². The number of anilines is 1. The molecule has 1 saturated heterocycles. The fourth-order valence-corrected chi connectivity index (χ4v) is 4.92. The Morgan fingerprint density at radius 3 is 2.29 bits per heavy atom. The SMILES string of the molecule is CC(Cc1ccc(-n2ccc(NC(=O)N3CCN(C(=O)C(C)(C)N)CC3)nc2=O)cc1)NCC1CC(N)C1. The first-order valence-electron chi connectivity index (χ1n) is 13.3. The molecule has 0 radical (unpaired) electrons. The first-order chi connectivity index (χ1) is 18.0. The normalized spacial score (nSPS) is 20.6. The number of nitrogens with two attached hydrogens (primary N) is 2. The zero-order valence-corrected chi connectivity index (χ0v) is 22.5. The number of hydrogen-bond donors (Lipinski definition) is 4. The van der Waals surface area contributed by atoms with E-state index in [9.17, 15) is 14.4 Å². The van der Waals surface area contributed by atoms with Gasteiger partial charge in [0.25, 0.3) is 0 Å². The molecular weight excluding hydrogens is 484 g/mol. The van der Waals surface area contributed by atoms with Crippen LogP contribution < -0.4 is 27.8 Å². The van der Waals surface area contributed by atoms with Crippen LogP contribution in [0.5, 0.6) is 0 Å². The summed E-state index contributed by atoms with van der Waals surface area (Å²) in [4.78, 5) is 45.0. The van der Waals surface area contributed by atoms with Crippen LogP contribution in [0.1, 0.15) is 39.2 Å². The first kappa shape index (κ1) is 27.7. The number of piperazine rings is 1. The minimum absolute atomic E-state index is 0.142. The van der Waals surface area contributed by atoms with Crippen LogP contribution in [0.25, 0.3) is 5.69 Å². The molecule has 206 valence electrons. The molecule has 11 nitrogen and oxygen atoms in total. The van der Waals surface area contributed by atoms with E-state index in [1.807, 2.05) is 24.3 Å². The summed E-state index contributed by atoms with van der Waals surface area (Å²) < 4.78 is 1.44. The van der Waals surface area contributed by atoms with Crippen molar-refractivity contribution in [2.45, 2.75) is 57.7 Å². The lowest BCUT2D eigenvalue weighted by Crippen LogP contribution is -2.58. The summed E-state index contributed by atoms with van der Waals surface area (Å²) in [5, 5.41) is 6.27. The molecule has 3 amide bonds. The molecule has 38 heavy (non-hydrogen) atoms. The molecule has 1 atom stereocenters. The quantitative estimate of drug-likeness (QED) is 0.400. The lowest BCUT2D eigenvalue weighted by molar-refractivity contribution is -0.137. The number of hydrogen-bond acceptors (Lipinski definition) is 7. The van der Waals surface area contributed by atoms with Crippen molar-refractivity contribution >= 4 is 17.8 Å². The van der Waals surface area contributed by atoms with Gasteiger partial charge in [0.15, 0.2) is 0 Å². The number of nitrogens with one attached hydrogen (secondary N) is 2. The van der Waals surface area contributed by atoms with Gasteiger partial charge in [-0.3, -0.25) is 14.7 Å². The van der Waals surface area contributed by atoms with Gasteiger partial charge in [0.2, 0.25) is 5.91 Å². The Morgan fingerprint density at radius 1 is 1.08 bits per heavy atom. The maximum atomic E-state index is 12.7. The summed E-state index contributed by atoms with van der Waals surface area (Å²) >= 11 is 0. The van der Waals surface area contributed by atoms with Crippen LogP contribution in [0.3, 0.4) is 0 Å². The van der Waals surface area contributed by atoms with E-state index < -0.39 is 11.2 Å². The highest BCUT2D eigenvalue weighted by Gasteiger charge is 2.31. The van der Waals surface area contributed by atoms with Crippen LogP contribution in [-0.2, 0) is 11.2 Å². The van der Waals surface area contributed by atoms with Crippen LogP contribution >= 0.6 is 0 Å². The fourth-order valence-electron chi connectivity index (χ4n) is 4.92. The molecule has 6 N–H and O–H groups in total. The lowest BCUT2D eigenvalue weighted by Gasteiger charge is -2.37. The molecule has 1 aliphatic carbocycles. The number of carbonyl (C=O) groups is 2. The number of urea groups is 1. The van der Waals surface area contributed by atoms with Crippen molar-refractivity contribution in [2.75, 3.05) is 38.0 Å². The van der Waals surface area contributed by atoms with Gasteiger partial charge in [-0.1, -0.05) is 12.1 Å². The number of rotatable bonds is 8. The predicted molar refractivity (Wildman–Crippen MR) is 147 cm³/mol. The van der Waals surface area contributed by atoms with Crippen LogP contribution in [0.15, 0.2) is 41.3 Å². The van der Waals surface area contributed by atoms with Crippen molar-refractivity contribution in [1.82, 2.24) is 24.7 Å². The van der Waals surface area contributed by atoms with Crippen LogP contribution in [-0.4, -0.2) is 81.6 Å². The molecule has 1 aliphatic heterocycles. The standard InChI is InChI=1S/C27H40N8O3/c1-18(30-17-20-15-21(28)16-20)14-19-4-6-22(7-5-19)35-9-8-23(32-26(35)38)31-25(37)34-12-10-33(11-13-34)24(36)27(2,3)29/h4-9,18,20-21,30H,10-17,28-29H2,1-3H3,(H,31,32,37,38). The second-order valence-electron chi connectivity index (χ2n) is 11.2. The van der Waals surface area contributed by atoms with Gasteiger partial charge in [-0.05, 0) is 76.3 Å². The molecule has 2 aliphatic rings. The van der Waals surface area contributed by atoms with E-state index in [4.69, 9.17) is 11.5 Å². The van der Waals surface area contributed by atoms with E-state index in [1.165, 1.54) is 10.1 Å². The second-order valence-corrected chi connectivity index (χ2v) is 11.2. The van der Waals surface area contributed by atoms with E-state index in [0.717, 1.165) is 25.8 Å². The third kappa shape index (κ3) is 6.97.